The molecule has 2 atom stereocenters. The zero-order valence-corrected chi connectivity index (χ0v) is 13.4. The zero-order valence-electron chi connectivity index (χ0n) is 11.8. The monoisotopic (exact) mass is 306 g/mol. The van der Waals surface area contributed by atoms with E-state index in [-0.39, 0.29) is 0 Å². The van der Waals surface area contributed by atoms with Crippen molar-refractivity contribution in [2.45, 2.75) is 45.2 Å². The molecule has 0 bridgehead atoms. The van der Waals surface area contributed by atoms with Gasteiger partial charge in [-0.1, -0.05) is 24.6 Å². The number of nitrogens with one attached hydrogen (secondary N) is 1. The molecule has 2 unspecified atom stereocenters. The number of halogens is 1. The van der Waals surface area contributed by atoms with Crippen LogP contribution in [0.5, 0.6) is 0 Å². The van der Waals surface area contributed by atoms with Gasteiger partial charge in [0.05, 0.1) is 6.04 Å². The van der Waals surface area contributed by atoms with E-state index in [1.807, 2.05) is 23.6 Å². The minimum Gasteiger partial charge on any atom is -0.305 e. The number of aryl methyl sites for hydroxylation is 1. The molecule has 20 heavy (non-hydrogen) atoms. The second-order valence-electron chi connectivity index (χ2n) is 5.42. The molecule has 0 amide bonds. The number of hydrogen-bond acceptors (Lipinski definition) is 3. The number of thiazole rings is 1. The zero-order chi connectivity index (χ0) is 14.1. The first kappa shape index (κ1) is 14.1. The third-order valence-corrected chi connectivity index (χ3v) is 5.44. The maximum atomic E-state index is 6.06. The van der Waals surface area contributed by atoms with Crippen LogP contribution >= 0.6 is 22.9 Å². The predicted molar refractivity (Wildman–Crippen MR) is 85.7 cm³/mol. The van der Waals surface area contributed by atoms with Crippen molar-refractivity contribution in [3.8, 4) is 0 Å². The van der Waals surface area contributed by atoms with E-state index in [2.05, 4.69) is 36.3 Å². The van der Waals surface area contributed by atoms with Crippen molar-refractivity contribution >= 4 is 22.9 Å². The van der Waals surface area contributed by atoms with Crippen LogP contribution < -0.4 is 5.32 Å². The average molecular weight is 307 g/mol. The van der Waals surface area contributed by atoms with Gasteiger partial charge in [0.1, 0.15) is 5.01 Å². The maximum absolute atomic E-state index is 6.06. The highest BCUT2D eigenvalue weighted by Crippen LogP contribution is 2.27. The Labute approximate surface area is 129 Å². The van der Waals surface area contributed by atoms with Gasteiger partial charge in [-0.2, -0.15) is 0 Å². The van der Waals surface area contributed by atoms with Crippen molar-refractivity contribution in [1.82, 2.24) is 10.3 Å². The van der Waals surface area contributed by atoms with Crippen molar-refractivity contribution < 1.29 is 0 Å². The Morgan fingerprint density at radius 2 is 2.20 bits per heavy atom. The molecule has 1 aliphatic rings. The van der Waals surface area contributed by atoms with Crippen LogP contribution in [-0.4, -0.2) is 11.0 Å². The number of rotatable bonds is 4. The van der Waals surface area contributed by atoms with Crippen molar-refractivity contribution in [2.24, 2.45) is 0 Å². The first-order valence-electron chi connectivity index (χ1n) is 7.13. The van der Waals surface area contributed by atoms with Gasteiger partial charge in [0.15, 0.2) is 0 Å². The van der Waals surface area contributed by atoms with E-state index >= 15 is 0 Å². The number of benzene rings is 1. The summed E-state index contributed by atoms with van der Waals surface area (Å²) in [5.74, 6) is 0. The molecule has 1 N–H and O–H groups in total. The van der Waals surface area contributed by atoms with Crippen molar-refractivity contribution in [1.29, 1.82) is 0 Å². The minimum atomic E-state index is 0.315. The van der Waals surface area contributed by atoms with E-state index in [1.54, 1.807) is 0 Å². The molecule has 1 aromatic heterocycles. The van der Waals surface area contributed by atoms with E-state index in [0.717, 1.165) is 24.3 Å². The second-order valence-corrected chi connectivity index (χ2v) is 7.01. The molecule has 3 rings (SSSR count). The van der Waals surface area contributed by atoms with Gasteiger partial charge in [-0.3, -0.25) is 0 Å². The summed E-state index contributed by atoms with van der Waals surface area (Å²) in [6.07, 6.45) is 5.22. The second kappa shape index (κ2) is 5.84. The molecule has 0 fully saturated rings. The molecule has 1 aliphatic carbocycles. The van der Waals surface area contributed by atoms with Gasteiger partial charge in [0, 0.05) is 22.1 Å². The lowest BCUT2D eigenvalue weighted by Crippen LogP contribution is -2.31. The van der Waals surface area contributed by atoms with Crippen molar-refractivity contribution in [2.75, 3.05) is 0 Å². The lowest BCUT2D eigenvalue weighted by molar-refractivity contribution is 0.466. The third-order valence-electron chi connectivity index (χ3n) is 3.88. The molecule has 0 saturated carbocycles. The van der Waals surface area contributed by atoms with Gasteiger partial charge >= 0.3 is 0 Å². The third kappa shape index (κ3) is 2.90. The maximum Gasteiger partial charge on any atom is 0.109 e. The van der Waals surface area contributed by atoms with Gasteiger partial charge in [-0.05, 0) is 49.4 Å². The van der Waals surface area contributed by atoms with E-state index in [0.29, 0.717) is 12.1 Å². The SMILES string of the molecule is CCc1cnc(C(C)NC2Cc3ccc(Cl)cc3C2)s1. The quantitative estimate of drug-likeness (QED) is 0.916. The molecule has 0 spiro atoms. The van der Waals surface area contributed by atoms with Crippen LogP contribution in [0.2, 0.25) is 5.02 Å². The van der Waals surface area contributed by atoms with Crippen LogP contribution in [0.4, 0.5) is 0 Å². The topological polar surface area (TPSA) is 24.9 Å². The fourth-order valence-corrected chi connectivity index (χ4v) is 3.88. The molecule has 2 aromatic rings. The Bertz CT molecular complexity index is 608. The fourth-order valence-electron chi connectivity index (χ4n) is 2.82. The minimum absolute atomic E-state index is 0.315. The number of nitrogens with zero attached hydrogens (tertiary/aromatic N) is 1. The van der Waals surface area contributed by atoms with Gasteiger partial charge in [-0.25, -0.2) is 4.98 Å². The standard InChI is InChI=1S/C16H19ClN2S/c1-3-15-9-18-16(20-15)10(2)19-14-7-11-4-5-13(17)6-12(11)8-14/h4-6,9-10,14,19H,3,7-8H2,1-2H3. The van der Waals surface area contributed by atoms with Crippen LogP contribution in [-0.2, 0) is 19.3 Å². The van der Waals surface area contributed by atoms with E-state index in [4.69, 9.17) is 11.6 Å². The summed E-state index contributed by atoms with van der Waals surface area (Å²) in [4.78, 5) is 5.88. The Kier molecular flexibility index (Phi) is 4.11. The van der Waals surface area contributed by atoms with Crippen molar-refractivity contribution in [3.05, 3.63) is 50.4 Å². The number of aromatic nitrogens is 1. The molecule has 2 nitrogen and oxygen atoms in total. The van der Waals surface area contributed by atoms with E-state index < -0.39 is 0 Å². The summed E-state index contributed by atoms with van der Waals surface area (Å²) in [5, 5.41) is 5.73. The summed E-state index contributed by atoms with van der Waals surface area (Å²) < 4.78 is 0. The highest BCUT2D eigenvalue weighted by atomic mass is 35.5. The van der Waals surface area contributed by atoms with Crippen LogP contribution in [0.15, 0.2) is 24.4 Å². The van der Waals surface area contributed by atoms with E-state index in [1.165, 1.54) is 21.0 Å². The van der Waals surface area contributed by atoms with Crippen LogP contribution in [0.25, 0.3) is 0 Å². The highest BCUT2D eigenvalue weighted by molar-refractivity contribution is 7.11. The first-order chi connectivity index (χ1) is 9.65. The summed E-state index contributed by atoms with van der Waals surface area (Å²) in [5.41, 5.74) is 2.81. The van der Waals surface area contributed by atoms with Gasteiger partial charge < -0.3 is 5.32 Å². The molecular formula is C16H19ClN2S. The number of fused-ring (bicyclic) bond motifs is 1. The van der Waals surface area contributed by atoms with Gasteiger partial charge in [0.25, 0.3) is 0 Å². The molecule has 106 valence electrons. The molecule has 0 radical (unpaired) electrons. The molecule has 1 heterocycles. The Hall–Kier alpha value is -0.900. The normalized spacial score (nSPS) is 19.1. The molecule has 1 aromatic carbocycles. The largest absolute Gasteiger partial charge is 0.305 e. The van der Waals surface area contributed by atoms with Crippen LogP contribution in [0.3, 0.4) is 0 Å². The predicted octanol–water partition coefficient (Wildman–Crippen LogP) is 4.18. The highest BCUT2D eigenvalue weighted by Gasteiger charge is 2.23. The number of hydrogen-bond donors (Lipinski definition) is 1. The van der Waals surface area contributed by atoms with Crippen LogP contribution in [0.1, 0.15) is 40.9 Å². The smallest absolute Gasteiger partial charge is 0.109 e. The molecule has 0 aliphatic heterocycles. The molecule has 0 saturated heterocycles. The summed E-state index contributed by atoms with van der Waals surface area (Å²) >= 11 is 7.88. The molecular weight excluding hydrogens is 288 g/mol. The van der Waals surface area contributed by atoms with E-state index in [9.17, 15) is 0 Å². The lowest BCUT2D eigenvalue weighted by Gasteiger charge is -2.17. The fraction of sp³-hybridized carbons (Fsp3) is 0.438. The Balaban J connectivity index is 1.65. The first-order valence-corrected chi connectivity index (χ1v) is 8.33. The summed E-state index contributed by atoms with van der Waals surface area (Å²) in [6, 6.07) is 7.05. The van der Waals surface area contributed by atoms with Gasteiger partial charge in [0.2, 0.25) is 0 Å². The average Bonchev–Trinajstić information content (AvgIpc) is 3.03. The van der Waals surface area contributed by atoms with Crippen LogP contribution in [0, 0.1) is 0 Å². The van der Waals surface area contributed by atoms with Gasteiger partial charge in [-0.15, -0.1) is 11.3 Å². The van der Waals surface area contributed by atoms with Crippen molar-refractivity contribution in [3.63, 3.8) is 0 Å². The summed E-state index contributed by atoms with van der Waals surface area (Å²) in [6.45, 7) is 4.38. The Morgan fingerprint density at radius 1 is 1.40 bits per heavy atom. The Morgan fingerprint density at radius 3 is 2.95 bits per heavy atom. The summed E-state index contributed by atoms with van der Waals surface area (Å²) in [7, 11) is 0. The molecule has 4 heteroatoms. The lowest BCUT2D eigenvalue weighted by atomic mass is 10.1.